The second-order valence-corrected chi connectivity index (χ2v) is 3.92. The molecule has 0 aromatic rings. The van der Waals surface area contributed by atoms with E-state index in [4.69, 9.17) is 5.11 Å². The monoisotopic (exact) mass is 547 g/mol. The van der Waals surface area contributed by atoms with Crippen LogP contribution in [0.15, 0.2) is 0 Å². The Morgan fingerprint density at radius 3 is 1.17 bits per heavy atom. The van der Waals surface area contributed by atoms with E-state index >= 15 is 0 Å². The van der Waals surface area contributed by atoms with Crippen LogP contribution < -0.4 is 18.9 Å². The summed E-state index contributed by atoms with van der Waals surface area (Å²) in [5, 5.41) is 8.89. The maximum atomic E-state index is 10.6. The van der Waals surface area contributed by atoms with Gasteiger partial charge in [-0.2, -0.15) is 0 Å². The summed E-state index contributed by atoms with van der Waals surface area (Å²) >= 11 is 0. The van der Waals surface area contributed by atoms with Crippen LogP contribution in [0.3, 0.4) is 0 Å². The fraction of sp³-hybridized carbons (Fsp3) is 0.667. The standard InChI is InChI=1S/C7H12O3.C7H10O3.CH4.Li.U/c2*1-3-5(8)7(10)6(9)4-2;;;/h7,10H,3-4H2,1-2H3;3-4H2,1-2H3;1H4;;/q;;;+1;. The molecule has 0 aromatic carbocycles. The van der Waals surface area contributed by atoms with E-state index in [2.05, 4.69) is 0 Å². The van der Waals surface area contributed by atoms with Gasteiger partial charge in [-0.3, -0.25) is 24.0 Å². The maximum Gasteiger partial charge on any atom is 1.00 e. The molecule has 23 heavy (non-hydrogen) atoms. The van der Waals surface area contributed by atoms with Crippen LogP contribution in [0.25, 0.3) is 0 Å². The summed E-state index contributed by atoms with van der Waals surface area (Å²) < 4.78 is 0. The molecule has 0 radical (unpaired) electrons. The van der Waals surface area contributed by atoms with Gasteiger partial charge in [0.25, 0.3) is 5.78 Å². The van der Waals surface area contributed by atoms with E-state index in [1.165, 1.54) is 0 Å². The van der Waals surface area contributed by atoms with Crippen LogP contribution in [-0.2, 0) is 24.0 Å². The van der Waals surface area contributed by atoms with E-state index in [0.717, 1.165) is 0 Å². The zero-order chi connectivity index (χ0) is 16.3. The average Bonchev–Trinajstić information content (AvgIpc) is 2.50. The topological polar surface area (TPSA) is 106 Å². The first kappa shape index (κ1) is 34.3. The molecule has 8 heteroatoms. The molecule has 0 aliphatic rings. The van der Waals surface area contributed by atoms with Crippen LogP contribution in [0, 0.1) is 31.1 Å². The van der Waals surface area contributed by atoms with Gasteiger partial charge in [0.05, 0.1) is 0 Å². The number of ketones is 5. The van der Waals surface area contributed by atoms with Gasteiger partial charge in [0.1, 0.15) is 0 Å². The molecule has 126 valence electrons. The Hall–Kier alpha value is -0.0406. The van der Waals surface area contributed by atoms with E-state index in [0.29, 0.717) is 0 Å². The zero-order valence-corrected chi connectivity index (χ0v) is 18.1. The number of Topliss-reactive ketones (excluding diaryl/α,β-unsaturated/α-hetero) is 5. The maximum absolute atomic E-state index is 10.6. The number of hydrogen-bond acceptors (Lipinski definition) is 6. The Kier molecular flexibility index (Phi) is 29.9. The van der Waals surface area contributed by atoms with E-state index in [1.54, 1.807) is 27.7 Å². The smallest absolute Gasteiger partial charge is 0.378 e. The molecule has 0 heterocycles. The van der Waals surface area contributed by atoms with Crippen molar-refractivity contribution in [3.05, 3.63) is 0 Å². The minimum atomic E-state index is -1.38. The Morgan fingerprint density at radius 2 is 1.00 bits per heavy atom. The summed E-state index contributed by atoms with van der Waals surface area (Å²) in [7, 11) is 0. The molecular weight excluding hydrogens is 521 g/mol. The van der Waals surface area contributed by atoms with Gasteiger partial charge >= 0.3 is 18.9 Å². The third-order valence-corrected chi connectivity index (χ3v) is 2.46. The SMILES string of the molecule is C.CCC(=O)C(=O)C(=O)CC.CCC(=O)C(O)C(=O)CC.[Li+].[U]. The molecule has 0 saturated heterocycles. The number of aliphatic hydroxyl groups is 1. The molecule has 0 amide bonds. The predicted molar refractivity (Wildman–Crippen MR) is 78.9 cm³/mol. The Bertz CT molecular complexity index is 361. The molecule has 0 aliphatic carbocycles. The minimum absolute atomic E-state index is 0. The Morgan fingerprint density at radius 1 is 0.739 bits per heavy atom. The third kappa shape index (κ3) is 15.2. The summed E-state index contributed by atoms with van der Waals surface area (Å²) in [6, 6.07) is 0. The summed E-state index contributed by atoms with van der Waals surface area (Å²) in [5.41, 5.74) is 0. The van der Waals surface area contributed by atoms with Crippen molar-refractivity contribution in [2.75, 3.05) is 0 Å². The fourth-order valence-electron chi connectivity index (χ4n) is 1.04. The van der Waals surface area contributed by atoms with Gasteiger partial charge < -0.3 is 5.11 Å². The van der Waals surface area contributed by atoms with Crippen LogP contribution in [-0.4, -0.2) is 40.1 Å². The van der Waals surface area contributed by atoms with Crippen LogP contribution in [0.4, 0.5) is 0 Å². The second-order valence-electron chi connectivity index (χ2n) is 3.92. The number of carbonyl (C=O) groups excluding carboxylic acids is 5. The normalized spacial score (nSPS) is 8.26. The predicted octanol–water partition coefficient (Wildman–Crippen LogP) is -1.54. The molecule has 0 aliphatic heterocycles. The molecule has 0 aromatic heterocycles. The van der Waals surface area contributed by atoms with Crippen molar-refractivity contribution in [1.82, 2.24) is 0 Å². The third-order valence-electron chi connectivity index (χ3n) is 2.46. The molecule has 0 atom stereocenters. The zero-order valence-electron chi connectivity index (χ0n) is 13.9. The summed E-state index contributed by atoms with van der Waals surface area (Å²) in [6.07, 6.45) is -0.718. The first-order valence-corrected chi connectivity index (χ1v) is 6.60. The van der Waals surface area contributed by atoms with E-state index < -0.39 is 35.0 Å². The van der Waals surface area contributed by atoms with Gasteiger partial charge in [0.15, 0.2) is 17.7 Å². The minimum Gasteiger partial charge on any atom is -0.378 e. The van der Waals surface area contributed by atoms with E-state index in [-0.39, 0.29) is 83.1 Å². The van der Waals surface area contributed by atoms with Crippen molar-refractivity contribution < 1.29 is 79.1 Å². The van der Waals surface area contributed by atoms with Gasteiger partial charge in [-0.1, -0.05) is 35.1 Å². The van der Waals surface area contributed by atoms with Crippen LogP contribution in [0.5, 0.6) is 0 Å². The van der Waals surface area contributed by atoms with Crippen molar-refractivity contribution in [2.24, 2.45) is 0 Å². The second kappa shape index (κ2) is 20.0. The Labute approximate surface area is 174 Å². The summed E-state index contributed by atoms with van der Waals surface area (Å²) in [5.74, 6) is -2.83. The number of carbonyl (C=O) groups is 5. The number of hydrogen-bond donors (Lipinski definition) is 1. The van der Waals surface area contributed by atoms with Crippen molar-refractivity contribution >= 4 is 28.9 Å². The quantitative estimate of drug-likeness (QED) is 0.225. The van der Waals surface area contributed by atoms with E-state index in [1.807, 2.05) is 0 Å². The van der Waals surface area contributed by atoms with Crippen molar-refractivity contribution in [2.45, 2.75) is 66.9 Å². The molecule has 1 N–H and O–H groups in total. The van der Waals surface area contributed by atoms with Gasteiger partial charge in [0.2, 0.25) is 11.6 Å². The molecule has 0 saturated carbocycles. The van der Waals surface area contributed by atoms with Crippen LogP contribution in [0.1, 0.15) is 60.8 Å². The summed E-state index contributed by atoms with van der Waals surface area (Å²) in [6.45, 7) is 6.36. The van der Waals surface area contributed by atoms with Gasteiger partial charge in [-0.25, -0.2) is 0 Å². The first-order valence-electron chi connectivity index (χ1n) is 6.60. The Balaban J connectivity index is -0.0000000831. The summed E-state index contributed by atoms with van der Waals surface area (Å²) in [4.78, 5) is 53.0. The molecule has 0 rings (SSSR count). The molecule has 0 fully saturated rings. The fourth-order valence-corrected chi connectivity index (χ4v) is 1.04. The van der Waals surface area contributed by atoms with Gasteiger partial charge in [-0.05, 0) is 0 Å². The van der Waals surface area contributed by atoms with Gasteiger partial charge in [-0.15, -0.1) is 0 Å². The van der Waals surface area contributed by atoms with Gasteiger partial charge in [0, 0.05) is 56.8 Å². The van der Waals surface area contributed by atoms with Crippen LogP contribution >= 0.6 is 0 Å². The first-order chi connectivity index (χ1) is 9.26. The average molecular weight is 547 g/mol. The van der Waals surface area contributed by atoms with Crippen molar-refractivity contribution in [3.8, 4) is 0 Å². The molecule has 0 bridgehead atoms. The molecule has 0 spiro atoms. The number of aliphatic hydroxyl groups excluding tert-OH is 1. The van der Waals surface area contributed by atoms with Crippen molar-refractivity contribution in [1.29, 1.82) is 0 Å². The largest absolute Gasteiger partial charge is 1.00 e. The van der Waals surface area contributed by atoms with Crippen LogP contribution in [0.2, 0.25) is 0 Å². The van der Waals surface area contributed by atoms with E-state index in [9.17, 15) is 24.0 Å². The number of rotatable bonds is 8. The molecule has 0 unspecified atom stereocenters. The molecular formula is C15H26LiO6U+. The molecule has 6 nitrogen and oxygen atoms in total. The van der Waals surface area contributed by atoms with Crippen molar-refractivity contribution in [3.63, 3.8) is 0 Å².